The molecule has 28 heavy (non-hydrogen) atoms. The standard InChI is InChI=1S/C20H18N8/c1-14(26(2)20-12-11-19-22-24-25-28(19)23-20)15-7-9-16(10-8-15)27-13-21-17-5-3-4-6-18(17)27/h3-14H,1-2H3/t14-/m1/s1. The lowest BCUT2D eigenvalue weighted by Gasteiger charge is -2.26. The number of fused-ring (bicyclic) bond motifs is 2. The van der Waals surface area contributed by atoms with E-state index in [-0.39, 0.29) is 6.04 Å². The highest BCUT2D eigenvalue weighted by Gasteiger charge is 2.15. The van der Waals surface area contributed by atoms with Crippen molar-refractivity contribution in [3.8, 4) is 5.69 Å². The molecular weight excluding hydrogens is 352 g/mol. The van der Waals surface area contributed by atoms with Crippen molar-refractivity contribution in [2.24, 2.45) is 0 Å². The Hall–Kier alpha value is -3.81. The monoisotopic (exact) mass is 370 g/mol. The minimum atomic E-state index is 0.134. The van der Waals surface area contributed by atoms with E-state index in [0.717, 1.165) is 22.5 Å². The fourth-order valence-electron chi connectivity index (χ4n) is 3.33. The molecule has 0 radical (unpaired) electrons. The van der Waals surface area contributed by atoms with Gasteiger partial charge in [-0.25, -0.2) is 4.98 Å². The Morgan fingerprint density at radius 2 is 1.79 bits per heavy atom. The van der Waals surface area contributed by atoms with Crippen LogP contribution in [-0.2, 0) is 0 Å². The summed E-state index contributed by atoms with van der Waals surface area (Å²) >= 11 is 0. The van der Waals surface area contributed by atoms with Gasteiger partial charge in [0.15, 0.2) is 11.5 Å². The van der Waals surface area contributed by atoms with Crippen LogP contribution >= 0.6 is 0 Å². The Balaban J connectivity index is 1.43. The highest BCUT2D eigenvalue weighted by atomic mass is 15.6. The molecule has 1 atom stereocenters. The third-order valence-electron chi connectivity index (χ3n) is 5.11. The molecular formula is C20H18N8. The summed E-state index contributed by atoms with van der Waals surface area (Å²) in [6.45, 7) is 2.15. The molecule has 0 bridgehead atoms. The van der Waals surface area contributed by atoms with E-state index in [1.165, 1.54) is 10.2 Å². The second-order valence-corrected chi connectivity index (χ2v) is 6.70. The van der Waals surface area contributed by atoms with Crippen LogP contribution in [-0.4, -0.2) is 41.9 Å². The fraction of sp³-hybridized carbons (Fsp3) is 0.150. The van der Waals surface area contributed by atoms with Gasteiger partial charge in [-0.15, -0.1) is 14.8 Å². The lowest BCUT2D eigenvalue weighted by molar-refractivity contribution is 0.683. The van der Waals surface area contributed by atoms with E-state index < -0.39 is 0 Å². The zero-order chi connectivity index (χ0) is 19.1. The summed E-state index contributed by atoms with van der Waals surface area (Å²) in [6.07, 6.45) is 1.86. The Labute approximate surface area is 161 Å². The van der Waals surface area contributed by atoms with Gasteiger partial charge in [0, 0.05) is 12.7 Å². The predicted octanol–water partition coefficient (Wildman–Crippen LogP) is 3.06. The molecule has 2 aromatic carbocycles. The Bertz CT molecular complexity index is 1250. The van der Waals surface area contributed by atoms with E-state index in [1.807, 2.05) is 43.7 Å². The maximum absolute atomic E-state index is 4.47. The quantitative estimate of drug-likeness (QED) is 0.484. The Morgan fingerprint density at radius 1 is 0.964 bits per heavy atom. The minimum Gasteiger partial charge on any atom is -0.351 e. The first kappa shape index (κ1) is 16.4. The van der Waals surface area contributed by atoms with Crippen molar-refractivity contribution in [2.75, 3.05) is 11.9 Å². The number of benzene rings is 2. The summed E-state index contributed by atoms with van der Waals surface area (Å²) in [4.78, 5) is 6.57. The number of anilines is 1. The number of tetrazole rings is 1. The molecule has 5 rings (SSSR count). The van der Waals surface area contributed by atoms with Crippen LogP contribution in [0.3, 0.4) is 0 Å². The van der Waals surface area contributed by atoms with Gasteiger partial charge in [0.2, 0.25) is 0 Å². The lowest BCUT2D eigenvalue weighted by atomic mass is 10.1. The van der Waals surface area contributed by atoms with Crippen molar-refractivity contribution in [3.05, 3.63) is 72.6 Å². The van der Waals surface area contributed by atoms with E-state index in [9.17, 15) is 0 Å². The minimum absolute atomic E-state index is 0.134. The first-order valence-corrected chi connectivity index (χ1v) is 9.01. The maximum Gasteiger partial charge on any atom is 0.200 e. The van der Waals surface area contributed by atoms with Crippen LogP contribution in [0.4, 0.5) is 5.82 Å². The van der Waals surface area contributed by atoms with Gasteiger partial charge in [-0.05, 0) is 59.3 Å². The van der Waals surface area contributed by atoms with Crippen molar-refractivity contribution >= 4 is 22.5 Å². The SMILES string of the molecule is C[C@H](c1ccc(-n2cnc3ccccc32)cc1)N(C)c1ccc2nnnn2n1. The molecule has 8 heteroatoms. The molecule has 0 unspecified atom stereocenters. The van der Waals surface area contributed by atoms with Gasteiger partial charge >= 0.3 is 0 Å². The van der Waals surface area contributed by atoms with E-state index >= 15 is 0 Å². The van der Waals surface area contributed by atoms with Crippen LogP contribution in [0.25, 0.3) is 22.4 Å². The van der Waals surface area contributed by atoms with Gasteiger partial charge < -0.3 is 4.90 Å². The molecule has 0 amide bonds. The topological polar surface area (TPSA) is 77.0 Å². The Kier molecular flexibility index (Phi) is 3.75. The van der Waals surface area contributed by atoms with E-state index in [4.69, 9.17) is 0 Å². The van der Waals surface area contributed by atoms with Crippen LogP contribution < -0.4 is 4.90 Å². The molecule has 0 saturated heterocycles. The second kappa shape index (κ2) is 6.41. The number of rotatable bonds is 4. The molecule has 0 aliphatic heterocycles. The molecule has 0 spiro atoms. The lowest BCUT2D eigenvalue weighted by Crippen LogP contribution is -2.23. The number of aromatic nitrogens is 7. The highest BCUT2D eigenvalue weighted by molar-refractivity contribution is 5.77. The van der Waals surface area contributed by atoms with E-state index in [2.05, 4.69) is 72.3 Å². The highest BCUT2D eigenvalue weighted by Crippen LogP contribution is 2.25. The number of nitrogens with zero attached hydrogens (tertiary/aromatic N) is 8. The maximum atomic E-state index is 4.47. The summed E-state index contributed by atoms with van der Waals surface area (Å²) in [5.41, 5.74) is 4.99. The summed E-state index contributed by atoms with van der Waals surface area (Å²) < 4.78 is 3.53. The third kappa shape index (κ3) is 2.66. The number of hydrogen-bond acceptors (Lipinski definition) is 6. The molecule has 5 aromatic rings. The second-order valence-electron chi connectivity index (χ2n) is 6.70. The summed E-state index contributed by atoms with van der Waals surface area (Å²) in [5, 5.41) is 15.9. The largest absolute Gasteiger partial charge is 0.351 e. The molecule has 0 N–H and O–H groups in total. The zero-order valence-electron chi connectivity index (χ0n) is 15.5. The third-order valence-corrected chi connectivity index (χ3v) is 5.11. The first-order chi connectivity index (χ1) is 13.7. The van der Waals surface area contributed by atoms with Crippen LogP contribution in [0.2, 0.25) is 0 Å². The zero-order valence-corrected chi connectivity index (χ0v) is 15.5. The first-order valence-electron chi connectivity index (χ1n) is 9.01. The van der Waals surface area contributed by atoms with Crippen LogP contribution in [0.1, 0.15) is 18.5 Å². The molecule has 0 aliphatic carbocycles. The average Bonchev–Trinajstić information content (AvgIpc) is 3.39. The van der Waals surface area contributed by atoms with Crippen LogP contribution in [0.15, 0.2) is 67.0 Å². The van der Waals surface area contributed by atoms with E-state index in [0.29, 0.717) is 5.65 Å². The van der Waals surface area contributed by atoms with Crippen LogP contribution in [0, 0.1) is 0 Å². The van der Waals surface area contributed by atoms with Gasteiger partial charge in [-0.1, -0.05) is 24.3 Å². The van der Waals surface area contributed by atoms with Crippen molar-refractivity contribution in [2.45, 2.75) is 13.0 Å². The smallest absolute Gasteiger partial charge is 0.200 e. The van der Waals surface area contributed by atoms with Crippen molar-refractivity contribution < 1.29 is 0 Å². The van der Waals surface area contributed by atoms with Gasteiger partial charge in [0.1, 0.15) is 6.33 Å². The molecule has 8 nitrogen and oxygen atoms in total. The summed E-state index contributed by atoms with van der Waals surface area (Å²) in [5.74, 6) is 0.803. The summed E-state index contributed by atoms with van der Waals surface area (Å²) in [6, 6.07) is 20.6. The van der Waals surface area contributed by atoms with Crippen LogP contribution in [0.5, 0.6) is 0 Å². The van der Waals surface area contributed by atoms with Gasteiger partial charge in [-0.2, -0.15) is 0 Å². The molecule has 138 valence electrons. The summed E-state index contributed by atoms with van der Waals surface area (Å²) in [7, 11) is 2.01. The average molecular weight is 370 g/mol. The number of imidazole rings is 1. The molecule has 3 aromatic heterocycles. The molecule has 0 saturated carbocycles. The number of para-hydroxylation sites is 2. The van der Waals surface area contributed by atoms with Crippen molar-refractivity contribution in [1.82, 2.24) is 34.8 Å². The van der Waals surface area contributed by atoms with Crippen molar-refractivity contribution in [3.63, 3.8) is 0 Å². The molecule has 0 aliphatic rings. The number of hydrogen-bond donors (Lipinski definition) is 0. The fourth-order valence-corrected chi connectivity index (χ4v) is 3.33. The molecule has 3 heterocycles. The predicted molar refractivity (Wildman–Crippen MR) is 106 cm³/mol. The van der Waals surface area contributed by atoms with Gasteiger partial charge in [0.25, 0.3) is 0 Å². The van der Waals surface area contributed by atoms with Crippen molar-refractivity contribution in [1.29, 1.82) is 0 Å². The van der Waals surface area contributed by atoms with E-state index in [1.54, 1.807) is 0 Å². The van der Waals surface area contributed by atoms with Gasteiger partial charge in [0.05, 0.1) is 17.1 Å². The molecule has 0 fully saturated rings. The van der Waals surface area contributed by atoms with Gasteiger partial charge in [-0.3, -0.25) is 4.57 Å². The Morgan fingerprint density at radius 3 is 2.64 bits per heavy atom. The normalized spacial score (nSPS) is 12.5.